The number of anilines is 1. The summed E-state index contributed by atoms with van der Waals surface area (Å²) in [5, 5.41) is 4.06. The molecule has 0 unspecified atom stereocenters. The zero-order valence-electron chi connectivity index (χ0n) is 12.3. The highest BCUT2D eigenvalue weighted by Gasteiger charge is 2.24. The molecule has 0 saturated carbocycles. The normalized spacial score (nSPS) is 19.3. The molecule has 1 N–H and O–H groups in total. The van der Waals surface area contributed by atoms with Crippen LogP contribution in [0.25, 0.3) is 0 Å². The Hall–Kier alpha value is -0.730. The number of halogens is 1. The summed E-state index contributed by atoms with van der Waals surface area (Å²) in [4.78, 5) is 2.53. The highest BCUT2D eigenvalue weighted by molar-refractivity contribution is 6.30. The van der Waals surface area contributed by atoms with E-state index in [0.717, 1.165) is 24.7 Å². The number of nitrogens with zero attached hydrogens (tertiary/aromatic N) is 1. The van der Waals surface area contributed by atoms with Gasteiger partial charge >= 0.3 is 0 Å². The van der Waals surface area contributed by atoms with Crippen LogP contribution in [0.3, 0.4) is 0 Å². The van der Waals surface area contributed by atoms with E-state index < -0.39 is 0 Å². The summed E-state index contributed by atoms with van der Waals surface area (Å²) in [6.45, 7) is 7.93. The average molecular weight is 281 g/mol. The van der Waals surface area contributed by atoms with Gasteiger partial charge in [0, 0.05) is 30.3 Å². The van der Waals surface area contributed by atoms with E-state index in [0.29, 0.717) is 5.41 Å². The minimum absolute atomic E-state index is 0.477. The molecule has 106 valence electrons. The number of hydrogen-bond donors (Lipinski definition) is 1. The van der Waals surface area contributed by atoms with Crippen molar-refractivity contribution in [2.24, 2.45) is 5.41 Å². The quantitative estimate of drug-likeness (QED) is 0.898. The van der Waals surface area contributed by atoms with E-state index in [-0.39, 0.29) is 0 Å². The summed E-state index contributed by atoms with van der Waals surface area (Å²) < 4.78 is 0. The van der Waals surface area contributed by atoms with Gasteiger partial charge in [0.15, 0.2) is 0 Å². The van der Waals surface area contributed by atoms with E-state index in [1.807, 2.05) is 13.1 Å². The van der Waals surface area contributed by atoms with Gasteiger partial charge in [-0.3, -0.25) is 0 Å². The van der Waals surface area contributed by atoms with Gasteiger partial charge in [0.2, 0.25) is 0 Å². The molecular weight excluding hydrogens is 256 g/mol. The Balaban J connectivity index is 2.21. The van der Waals surface area contributed by atoms with Crippen LogP contribution < -0.4 is 10.2 Å². The fraction of sp³-hybridized carbons (Fsp3) is 0.625. The highest BCUT2D eigenvalue weighted by Crippen LogP contribution is 2.33. The Bertz CT molecular complexity index is 429. The van der Waals surface area contributed by atoms with Crippen molar-refractivity contribution in [1.29, 1.82) is 0 Å². The smallest absolute Gasteiger partial charge is 0.0412 e. The Kier molecular flexibility index (Phi) is 4.75. The van der Waals surface area contributed by atoms with Gasteiger partial charge in [0.1, 0.15) is 0 Å². The predicted octanol–water partition coefficient (Wildman–Crippen LogP) is 4.08. The van der Waals surface area contributed by atoms with Gasteiger partial charge in [-0.25, -0.2) is 0 Å². The van der Waals surface area contributed by atoms with Gasteiger partial charge in [-0.05, 0) is 55.5 Å². The van der Waals surface area contributed by atoms with E-state index in [9.17, 15) is 0 Å². The molecule has 0 aliphatic carbocycles. The number of benzene rings is 1. The van der Waals surface area contributed by atoms with Crippen LogP contribution in [0.15, 0.2) is 18.2 Å². The monoisotopic (exact) mass is 280 g/mol. The van der Waals surface area contributed by atoms with Crippen molar-refractivity contribution >= 4 is 17.3 Å². The van der Waals surface area contributed by atoms with Crippen LogP contribution in [0.5, 0.6) is 0 Å². The molecule has 1 fully saturated rings. The molecule has 0 radical (unpaired) electrons. The van der Waals surface area contributed by atoms with Crippen molar-refractivity contribution in [3.63, 3.8) is 0 Å². The lowest BCUT2D eigenvalue weighted by Crippen LogP contribution is -2.26. The summed E-state index contributed by atoms with van der Waals surface area (Å²) in [7, 11) is 1.98. The molecule has 0 spiro atoms. The molecule has 1 aliphatic rings. The maximum atomic E-state index is 6.12. The Labute approximate surface area is 122 Å². The van der Waals surface area contributed by atoms with E-state index >= 15 is 0 Å². The SMILES string of the molecule is CNCc1cc(Cl)ccc1N1CCCC(C)(C)CC1. The van der Waals surface area contributed by atoms with Crippen molar-refractivity contribution in [2.45, 2.75) is 39.7 Å². The number of rotatable bonds is 3. The Morgan fingerprint density at radius 2 is 2.05 bits per heavy atom. The van der Waals surface area contributed by atoms with E-state index in [4.69, 9.17) is 11.6 Å². The van der Waals surface area contributed by atoms with E-state index in [1.54, 1.807) is 0 Å². The third-order valence-corrected chi connectivity index (χ3v) is 4.32. The topological polar surface area (TPSA) is 15.3 Å². The first kappa shape index (κ1) is 14.7. The number of hydrogen-bond acceptors (Lipinski definition) is 2. The first-order chi connectivity index (χ1) is 9.02. The summed E-state index contributed by atoms with van der Waals surface area (Å²) in [6.07, 6.45) is 3.85. The van der Waals surface area contributed by atoms with Crippen LogP contribution in [0.4, 0.5) is 5.69 Å². The fourth-order valence-corrected chi connectivity index (χ4v) is 3.05. The van der Waals surface area contributed by atoms with Gasteiger partial charge in [0.25, 0.3) is 0 Å². The molecule has 3 heteroatoms. The lowest BCUT2D eigenvalue weighted by Gasteiger charge is -2.27. The van der Waals surface area contributed by atoms with Crippen LogP contribution in [0.1, 0.15) is 38.7 Å². The van der Waals surface area contributed by atoms with E-state index in [1.165, 1.54) is 30.5 Å². The first-order valence-electron chi connectivity index (χ1n) is 7.20. The molecule has 0 aromatic heterocycles. The van der Waals surface area contributed by atoms with Gasteiger partial charge in [0.05, 0.1) is 0 Å². The number of nitrogens with one attached hydrogen (secondary N) is 1. The molecular formula is C16H25ClN2. The largest absolute Gasteiger partial charge is 0.371 e. The molecule has 0 amide bonds. The zero-order valence-corrected chi connectivity index (χ0v) is 13.1. The molecule has 2 rings (SSSR count). The van der Waals surface area contributed by atoms with Crippen molar-refractivity contribution in [3.8, 4) is 0 Å². The second-order valence-electron chi connectivity index (χ2n) is 6.31. The Morgan fingerprint density at radius 3 is 2.79 bits per heavy atom. The predicted molar refractivity (Wildman–Crippen MR) is 84.1 cm³/mol. The second-order valence-corrected chi connectivity index (χ2v) is 6.74. The summed E-state index contributed by atoms with van der Waals surface area (Å²) in [6, 6.07) is 6.27. The van der Waals surface area contributed by atoms with Crippen LogP contribution in [0.2, 0.25) is 5.02 Å². The molecule has 0 bridgehead atoms. The standard InChI is InChI=1S/C16H25ClN2/c1-16(2)7-4-9-19(10-8-16)15-6-5-14(17)11-13(15)12-18-3/h5-6,11,18H,4,7-10,12H2,1-3H3. The van der Waals surface area contributed by atoms with Crippen molar-refractivity contribution in [1.82, 2.24) is 5.32 Å². The van der Waals surface area contributed by atoms with Gasteiger partial charge in [-0.15, -0.1) is 0 Å². The molecule has 1 aromatic rings. The lowest BCUT2D eigenvalue weighted by atomic mass is 9.85. The third kappa shape index (κ3) is 3.87. The first-order valence-corrected chi connectivity index (χ1v) is 7.58. The van der Waals surface area contributed by atoms with Crippen molar-refractivity contribution in [3.05, 3.63) is 28.8 Å². The maximum absolute atomic E-state index is 6.12. The van der Waals surface area contributed by atoms with E-state index in [2.05, 4.69) is 36.2 Å². The second kappa shape index (κ2) is 6.15. The summed E-state index contributed by atoms with van der Waals surface area (Å²) in [5.74, 6) is 0. The fourth-order valence-electron chi connectivity index (χ4n) is 2.86. The minimum atomic E-state index is 0.477. The van der Waals surface area contributed by atoms with Gasteiger partial charge in [-0.1, -0.05) is 25.4 Å². The molecule has 1 aromatic carbocycles. The zero-order chi connectivity index (χ0) is 13.9. The van der Waals surface area contributed by atoms with Crippen LogP contribution in [-0.2, 0) is 6.54 Å². The molecule has 2 nitrogen and oxygen atoms in total. The maximum Gasteiger partial charge on any atom is 0.0412 e. The Morgan fingerprint density at radius 1 is 1.26 bits per heavy atom. The third-order valence-electron chi connectivity index (χ3n) is 4.09. The molecule has 1 heterocycles. The summed E-state index contributed by atoms with van der Waals surface area (Å²) >= 11 is 6.12. The van der Waals surface area contributed by atoms with Gasteiger partial charge in [-0.2, -0.15) is 0 Å². The van der Waals surface area contributed by atoms with Gasteiger partial charge < -0.3 is 10.2 Å². The van der Waals surface area contributed by atoms with Crippen molar-refractivity contribution < 1.29 is 0 Å². The molecule has 19 heavy (non-hydrogen) atoms. The molecule has 1 aliphatic heterocycles. The van der Waals surface area contributed by atoms with Crippen LogP contribution in [0, 0.1) is 5.41 Å². The summed E-state index contributed by atoms with van der Waals surface area (Å²) in [5.41, 5.74) is 3.12. The molecule has 0 atom stereocenters. The van der Waals surface area contributed by atoms with Crippen LogP contribution >= 0.6 is 11.6 Å². The van der Waals surface area contributed by atoms with Crippen LogP contribution in [-0.4, -0.2) is 20.1 Å². The lowest BCUT2D eigenvalue weighted by molar-refractivity contribution is 0.325. The average Bonchev–Trinajstić information content (AvgIpc) is 2.51. The molecule has 1 saturated heterocycles. The highest BCUT2D eigenvalue weighted by atomic mass is 35.5. The van der Waals surface area contributed by atoms with Crippen molar-refractivity contribution in [2.75, 3.05) is 25.0 Å². The minimum Gasteiger partial charge on any atom is -0.371 e.